The third-order valence-corrected chi connectivity index (χ3v) is 3.92. The molecule has 1 aliphatic heterocycles. The Bertz CT molecular complexity index is 369. The molecule has 0 radical (unpaired) electrons. The van der Waals surface area contributed by atoms with Crippen molar-refractivity contribution in [1.82, 2.24) is 15.3 Å². The van der Waals surface area contributed by atoms with E-state index in [-0.39, 0.29) is 0 Å². The SMILES string of the molecule is c1nc2c(c(CCC3CCNC3)n1)CCC2. The van der Waals surface area contributed by atoms with Crippen LogP contribution < -0.4 is 5.32 Å². The van der Waals surface area contributed by atoms with E-state index < -0.39 is 0 Å². The van der Waals surface area contributed by atoms with Gasteiger partial charge in [-0.1, -0.05) is 0 Å². The molecule has 2 aliphatic rings. The molecule has 0 saturated carbocycles. The van der Waals surface area contributed by atoms with E-state index in [0.717, 1.165) is 18.8 Å². The molecule has 1 aromatic rings. The Morgan fingerprint density at radius 3 is 3.19 bits per heavy atom. The summed E-state index contributed by atoms with van der Waals surface area (Å²) in [5.74, 6) is 0.868. The van der Waals surface area contributed by atoms with Crippen LogP contribution in [0.2, 0.25) is 0 Å². The largest absolute Gasteiger partial charge is 0.316 e. The van der Waals surface area contributed by atoms with Crippen molar-refractivity contribution >= 4 is 0 Å². The smallest absolute Gasteiger partial charge is 0.115 e. The fourth-order valence-corrected chi connectivity index (χ4v) is 2.94. The van der Waals surface area contributed by atoms with E-state index in [0.29, 0.717) is 0 Å². The molecule has 3 nitrogen and oxygen atoms in total. The summed E-state index contributed by atoms with van der Waals surface area (Å²) in [6.07, 6.45) is 9.17. The zero-order valence-electron chi connectivity index (χ0n) is 9.71. The van der Waals surface area contributed by atoms with Crippen molar-refractivity contribution in [3.05, 3.63) is 23.3 Å². The van der Waals surface area contributed by atoms with Crippen molar-refractivity contribution in [3.63, 3.8) is 0 Å². The number of nitrogens with one attached hydrogen (secondary N) is 1. The molecule has 86 valence electrons. The van der Waals surface area contributed by atoms with Crippen molar-refractivity contribution in [2.45, 2.75) is 38.5 Å². The van der Waals surface area contributed by atoms with Gasteiger partial charge in [0.2, 0.25) is 0 Å². The second-order valence-corrected chi connectivity index (χ2v) is 5.00. The van der Waals surface area contributed by atoms with Crippen LogP contribution in [0.1, 0.15) is 36.2 Å². The van der Waals surface area contributed by atoms with Crippen molar-refractivity contribution in [2.75, 3.05) is 13.1 Å². The lowest BCUT2D eigenvalue weighted by atomic mass is 9.99. The minimum absolute atomic E-state index is 0.868. The molecule has 16 heavy (non-hydrogen) atoms. The Balaban J connectivity index is 1.67. The van der Waals surface area contributed by atoms with Crippen LogP contribution in [0.3, 0.4) is 0 Å². The number of rotatable bonds is 3. The van der Waals surface area contributed by atoms with Gasteiger partial charge in [-0.3, -0.25) is 0 Å². The summed E-state index contributed by atoms with van der Waals surface area (Å²) in [6, 6.07) is 0. The zero-order chi connectivity index (χ0) is 10.8. The van der Waals surface area contributed by atoms with Crippen LogP contribution in [-0.2, 0) is 19.3 Å². The summed E-state index contributed by atoms with van der Waals surface area (Å²) in [6.45, 7) is 2.40. The molecule has 2 heterocycles. The predicted molar refractivity (Wildman–Crippen MR) is 63.4 cm³/mol. The highest BCUT2D eigenvalue weighted by Gasteiger charge is 2.19. The molecule has 3 heteroatoms. The average Bonchev–Trinajstić information content (AvgIpc) is 2.97. The van der Waals surface area contributed by atoms with Gasteiger partial charge in [-0.05, 0) is 63.1 Å². The molecule has 1 aromatic heterocycles. The lowest BCUT2D eigenvalue weighted by molar-refractivity contribution is 0.527. The molecule has 0 bridgehead atoms. The van der Waals surface area contributed by atoms with Crippen LogP contribution >= 0.6 is 0 Å². The first kappa shape index (κ1) is 10.2. The monoisotopic (exact) mass is 217 g/mol. The second kappa shape index (κ2) is 4.50. The Morgan fingerprint density at radius 2 is 2.31 bits per heavy atom. The van der Waals surface area contributed by atoms with E-state index in [2.05, 4.69) is 15.3 Å². The molecule has 1 atom stereocenters. The molecule has 1 N–H and O–H groups in total. The third-order valence-electron chi connectivity index (χ3n) is 3.92. The molecule has 1 unspecified atom stereocenters. The van der Waals surface area contributed by atoms with Crippen LogP contribution in [0.4, 0.5) is 0 Å². The lowest BCUT2D eigenvalue weighted by Gasteiger charge is -2.09. The maximum absolute atomic E-state index is 4.48. The molecular weight excluding hydrogens is 198 g/mol. The molecule has 1 aliphatic carbocycles. The number of aromatic nitrogens is 2. The fourth-order valence-electron chi connectivity index (χ4n) is 2.94. The highest BCUT2D eigenvalue weighted by molar-refractivity contribution is 5.28. The van der Waals surface area contributed by atoms with Crippen LogP contribution in [0.5, 0.6) is 0 Å². The highest BCUT2D eigenvalue weighted by atomic mass is 14.9. The van der Waals surface area contributed by atoms with E-state index in [1.807, 2.05) is 0 Å². The lowest BCUT2D eigenvalue weighted by Crippen LogP contribution is -2.10. The number of nitrogens with zero attached hydrogens (tertiary/aromatic N) is 2. The van der Waals surface area contributed by atoms with Crippen LogP contribution in [-0.4, -0.2) is 23.1 Å². The number of aryl methyl sites for hydroxylation is 2. The van der Waals surface area contributed by atoms with Crippen LogP contribution in [0.15, 0.2) is 6.33 Å². The number of fused-ring (bicyclic) bond motifs is 1. The van der Waals surface area contributed by atoms with Gasteiger partial charge in [0.25, 0.3) is 0 Å². The van der Waals surface area contributed by atoms with E-state index in [9.17, 15) is 0 Å². The predicted octanol–water partition coefficient (Wildman–Crippen LogP) is 1.51. The molecular formula is C13H19N3. The maximum Gasteiger partial charge on any atom is 0.115 e. The van der Waals surface area contributed by atoms with Gasteiger partial charge in [-0.25, -0.2) is 9.97 Å². The minimum atomic E-state index is 0.868. The van der Waals surface area contributed by atoms with Gasteiger partial charge in [0.15, 0.2) is 0 Å². The third kappa shape index (κ3) is 1.96. The van der Waals surface area contributed by atoms with Gasteiger partial charge in [0, 0.05) is 11.4 Å². The van der Waals surface area contributed by atoms with E-state index in [4.69, 9.17) is 0 Å². The normalized spacial score (nSPS) is 23.6. The summed E-state index contributed by atoms with van der Waals surface area (Å²) in [4.78, 5) is 8.86. The van der Waals surface area contributed by atoms with Gasteiger partial charge in [-0.2, -0.15) is 0 Å². The van der Waals surface area contributed by atoms with Crippen LogP contribution in [0.25, 0.3) is 0 Å². The van der Waals surface area contributed by atoms with Crippen molar-refractivity contribution < 1.29 is 0 Å². The second-order valence-electron chi connectivity index (χ2n) is 5.00. The molecule has 1 saturated heterocycles. The summed E-state index contributed by atoms with van der Waals surface area (Å²) >= 11 is 0. The summed E-state index contributed by atoms with van der Waals surface area (Å²) in [5, 5.41) is 3.43. The van der Waals surface area contributed by atoms with Crippen LogP contribution in [0, 0.1) is 5.92 Å². The maximum atomic E-state index is 4.48. The standard InChI is InChI=1S/C13H19N3/c1-2-11-12(3-1)15-9-16-13(11)5-4-10-6-7-14-8-10/h9-10,14H,1-8H2. The Morgan fingerprint density at radius 1 is 1.31 bits per heavy atom. The van der Waals surface area contributed by atoms with E-state index >= 15 is 0 Å². The minimum Gasteiger partial charge on any atom is -0.316 e. The highest BCUT2D eigenvalue weighted by Crippen LogP contribution is 2.24. The summed E-state index contributed by atoms with van der Waals surface area (Å²) in [7, 11) is 0. The van der Waals surface area contributed by atoms with E-state index in [1.54, 1.807) is 6.33 Å². The molecule has 1 fully saturated rings. The topological polar surface area (TPSA) is 37.8 Å². The van der Waals surface area contributed by atoms with Gasteiger partial charge < -0.3 is 5.32 Å². The Labute approximate surface area is 96.7 Å². The summed E-state index contributed by atoms with van der Waals surface area (Å²) < 4.78 is 0. The van der Waals surface area contributed by atoms with Crippen molar-refractivity contribution in [1.29, 1.82) is 0 Å². The first-order chi connectivity index (χ1) is 7.93. The molecule has 0 spiro atoms. The molecule has 0 aromatic carbocycles. The Hall–Kier alpha value is -0.960. The van der Waals surface area contributed by atoms with Gasteiger partial charge >= 0.3 is 0 Å². The Kier molecular flexibility index (Phi) is 2.87. The van der Waals surface area contributed by atoms with Crippen molar-refractivity contribution in [2.24, 2.45) is 5.92 Å². The fraction of sp³-hybridized carbons (Fsp3) is 0.692. The van der Waals surface area contributed by atoms with Crippen molar-refractivity contribution in [3.8, 4) is 0 Å². The number of hydrogen-bond donors (Lipinski definition) is 1. The van der Waals surface area contributed by atoms with E-state index in [1.165, 1.54) is 55.7 Å². The zero-order valence-corrected chi connectivity index (χ0v) is 9.71. The molecule has 0 amide bonds. The first-order valence-corrected chi connectivity index (χ1v) is 6.46. The van der Waals surface area contributed by atoms with Gasteiger partial charge in [0.1, 0.15) is 6.33 Å². The summed E-state index contributed by atoms with van der Waals surface area (Å²) in [5.41, 5.74) is 4.11. The van der Waals surface area contributed by atoms with Gasteiger partial charge in [-0.15, -0.1) is 0 Å². The first-order valence-electron chi connectivity index (χ1n) is 6.46. The molecule has 3 rings (SSSR count). The number of hydrogen-bond acceptors (Lipinski definition) is 3. The quantitative estimate of drug-likeness (QED) is 0.834. The average molecular weight is 217 g/mol. The van der Waals surface area contributed by atoms with Gasteiger partial charge in [0.05, 0.1) is 0 Å².